The fourth-order valence-corrected chi connectivity index (χ4v) is 2.17. The zero-order chi connectivity index (χ0) is 14.8. The molecule has 0 spiro atoms. The molecule has 3 aromatic rings. The highest BCUT2D eigenvalue weighted by atomic mass is 16.2. The molecule has 0 unspecified atom stereocenters. The van der Waals surface area contributed by atoms with Crippen LogP contribution in [0.2, 0.25) is 0 Å². The van der Waals surface area contributed by atoms with Gasteiger partial charge in [0.15, 0.2) is 0 Å². The monoisotopic (exact) mass is 282 g/mol. The predicted molar refractivity (Wildman–Crippen MR) is 81.7 cm³/mol. The maximum atomic E-state index is 12.4. The Bertz CT molecular complexity index is 886. The minimum Gasteiger partial charge on any atom is -0.338 e. The van der Waals surface area contributed by atoms with Crippen LogP contribution < -0.4 is 16.2 Å². The molecular formula is C15H14N4O2. The van der Waals surface area contributed by atoms with Crippen molar-refractivity contribution in [3.8, 4) is 0 Å². The fraction of sp³-hybridized carbons (Fsp3) is 0.133. The van der Waals surface area contributed by atoms with E-state index in [1.165, 1.54) is 4.40 Å². The first-order chi connectivity index (χ1) is 10.2. The Hall–Kier alpha value is -2.89. The third-order valence-corrected chi connectivity index (χ3v) is 3.11. The molecule has 6 heteroatoms. The number of hydrogen-bond donors (Lipinski definition) is 2. The van der Waals surface area contributed by atoms with Crippen LogP contribution in [0.1, 0.15) is 6.92 Å². The Balaban J connectivity index is 2.12. The molecule has 0 saturated heterocycles. The molecule has 0 aliphatic carbocycles. The number of pyridine rings is 1. The molecule has 2 aromatic heterocycles. The second-order valence-electron chi connectivity index (χ2n) is 4.56. The molecule has 106 valence electrons. The average molecular weight is 282 g/mol. The van der Waals surface area contributed by atoms with Crippen LogP contribution in [0, 0.1) is 0 Å². The number of benzene rings is 1. The highest BCUT2D eigenvalue weighted by Gasteiger charge is 2.07. The fourth-order valence-electron chi connectivity index (χ4n) is 2.17. The molecule has 0 aliphatic rings. The zero-order valence-electron chi connectivity index (χ0n) is 11.5. The zero-order valence-corrected chi connectivity index (χ0v) is 11.5. The van der Waals surface area contributed by atoms with Crippen LogP contribution in [0.3, 0.4) is 0 Å². The first kappa shape index (κ1) is 13.1. The number of anilines is 1. The normalized spacial score (nSPS) is 10.7. The number of aromatic nitrogens is 2. The van der Waals surface area contributed by atoms with Crippen molar-refractivity contribution < 1.29 is 4.79 Å². The number of amides is 2. The first-order valence-corrected chi connectivity index (χ1v) is 6.65. The number of nitrogens with one attached hydrogen (secondary N) is 2. The molecule has 0 atom stereocenters. The van der Waals surface area contributed by atoms with Crippen LogP contribution in [-0.4, -0.2) is 22.0 Å². The number of fused-ring (bicyclic) bond motifs is 2. The summed E-state index contributed by atoms with van der Waals surface area (Å²) in [5.74, 6) is 0. The summed E-state index contributed by atoms with van der Waals surface area (Å²) in [7, 11) is 0. The minimum atomic E-state index is -0.300. The van der Waals surface area contributed by atoms with E-state index < -0.39 is 0 Å². The number of nitrogens with zero attached hydrogens (tertiary/aromatic N) is 2. The molecule has 1 aromatic carbocycles. The number of carbonyl (C=O) groups excluding carboxylic acids is 1. The lowest BCUT2D eigenvalue weighted by molar-refractivity contribution is 0.252. The van der Waals surface area contributed by atoms with Crippen molar-refractivity contribution in [2.24, 2.45) is 0 Å². The summed E-state index contributed by atoms with van der Waals surface area (Å²) >= 11 is 0. The summed E-state index contributed by atoms with van der Waals surface area (Å²) in [6, 6.07) is 10.2. The summed E-state index contributed by atoms with van der Waals surface area (Å²) in [6.45, 7) is 2.37. The van der Waals surface area contributed by atoms with Gasteiger partial charge in [-0.3, -0.25) is 9.20 Å². The van der Waals surface area contributed by atoms with Gasteiger partial charge in [0, 0.05) is 18.4 Å². The topological polar surface area (TPSA) is 75.5 Å². The Morgan fingerprint density at radius 2 is 2.14 bits per heavy atom. The Kier molecular flexibility index (Phi) is 3.27. The Morgan fingerprint density at radius 1 is 1.29 bits per heavy atom. The summed E-state index contributed by atoms with van der Waals surface area (Å²) in [5.41, 5.74) is 1.60. The second-order valence-corrected chi connectivity index (χ2v) is 4.56. The van der Waals surface area contributed by atoms with E-state index in [-0.39, 0.29) is 11.6 Å². The van der Waals surface area contributed by atoms with Gasteiger partial charge >= 0.3 is 6.03 Å². The summed E-state index contributed by atoms with van der Waals surface area (Å²) in [4.78, 5) is 28.4. The molecule has 2 heterocycles. The van der Waals surface area contributed by atoms with Crippen LogP contribution in [0.5, 0.6) is 0 Å². The van der Waals surface area contributed by atoms with E-state index in [1.807, 2.05) is 13.0 Å². The highest BCUT2D eigenvalue weighted by molar-refractivity contribution is 5.92. The molecule has 3 rings (SSSR count). The quantitative estimate of drug-likeness (QED) is 0.706. The van der Waals surface area contributed by atoms with E-state index in [0.29, 0.717) is 28.8 Å². The molecule has 0 radical (unpaired) electrons. The van der Waals surface area contributed by atoms with Crippen LogP contribution in [0.25, 0.3) is 16.6 Å². The van der Waals surface area contributed by atoms with Gasteiger partial charge in [-0.1, -0.05) is 6.07 Å². The molecule has 0 aliphatic heterocycles. The van der Waals surface area contributed by atoms with Crippen molar-refractivity contribution in [3.05, 3.63) is 52.9 Å². The Labute approximate surface area is 120 Å². The van der Waals surface area contributed by atoms with Gasteiger partial charge in [-0.15, -0.1) is 0 Å². The van der Waals surface area contributed by atoms with Gasteiger partial charge in [-0.05, 0) is 37.3 Å². The maximum absolute atomic E-state index is 12.4. The molecule has 2 N–H and O–H groups in total. The lowest BCUT2D eigenvalue weighted by atomic mass is 10.2. The number of carbonyl (C=O) groups is 1. The van der Waals surface area contributed by atoms with Crippen molar-refractivity contribution >= 4 is 28.3 Å². The number of hydrogen-bond acceptors (Lipinski definition) is 3. The standard InChI is InChI=1S/C15H14N4O2/c1-2-16-15(21)17-10-6-7-12-11(9-10)14(20)19-8-4-3-5-13(19)18-12/h3-9H,2H2,1H3,(H2,16,17,21). The number of urea groups is 1. The van der Waals surface area contributed by atoms with Crippen molar-refractivity contribution in [2.75, 3.05) is 11.9 Å². The van der Waals surface area contributed by atoms with E-state index in [9.17, 15) is 9.59 Å². The highest BCUT2D eigenvalue weighted by Crippen LogP contribution is 2.15. The lowest BCUT2D eigenvalue weighted by Crippen LogP contribution is -2.28. The van der Waals surface area contributed by atoms with Gasteiger partial charge in [0.25, 0.3) is 5.56 Å². The van der Waals surface area contributed by atoms with Crippen molar-refractivity contribution in [2.45, 2.75) is 6.92 Å². The Morgan fingerprint density at radius 3 is 2.95 bits per heavy atom. The van der Waals surface area contributed by atoms with Crippen LogP contribution >= 0.6 is 0 Å². The molecular weight excluding hydrogens is 268 g/mol. The van der Waals surface area contributed by atoms with Crippen molar-refractivity contribution in [1.82, 2.24) is 14.7 Å². The predicted octanol–water partition coefficient (Wildman–Crippen LogP) is 1.99. The van der Waals surface area contributed by atoms with Gasteiger partial charge in [0.1, 0.15) is 5.65 Å². The molecule has 21 heavy (non-hydrogen) atoms. The van der Waals surface area contributed by atoms with Gasteiger partial charge in [0.2, 0.25) is 0 Å². The minimum absolute atomic E-state index is 0.157. The summed E-state index contributed by atoms with van der Waals surface area (Å²) < 4.78 is 1.48. The van der Waals surface area contributed by atoms with Crippen LogP contribution in [-0.2, 0) is 0 Å². The van der Waals surface area contributed by atoms with Gasteiger partial charge in [-0.2, -0.15) is 0 Å². The lowest BCUT2D eigenvalue weighted by Gasteiger charge is -2.07. The molecule has 0 saturated carbocycles. The van der Waals surface area contributed by atoms with E-state index in [1.54, 1.807) is 36.5 Å². The number of rotatable bonds is 2. The van der Waals surface area contributed by atoms with Gasteiger partial charge < -0.3 is 10.6 Å². The molecule has 0 fully saturated rings. The van der Waals surface area contributed by atoms with E-state index in [4.69, 9.17) is 0 Å². The van der Waals surface area contributed by atoms with Gasteiger partial charge in [-0.25, -0.2) is 9.78 Å². The smallest absolute Gasteiger partial charge is 0.319 e. The van der Waals surface area contributed by atoms with E-state index in [2.05, 4.69) is 15.6 Å². The van der Waals surface area contributed by atoms with Crippen LogP contribution in [0.4, 0.5) is 10.5 Å². The summed E-state index contributed by atoms with van der Waals surface area (Å²) in [6.07, 6.45) is 1.67. The molecule has 0 bridgehead atoms. The second kappa shape index (κ2) is 5.24. The summed E-state index contributed by atoms with van der Waals surface area (Å²) in [5, 5.41) is 5.79. The third-order valence-electron chi connectivity index (χ3n) is 3.11. The SMILES string of the molecule is CCNC(=O)Nc1ccc2nc3ccccn3c(=O)c2c1. The van der Waals surface area contributed by atoms with Crippen molar-refractivity contribution in [3.63, 3.8) is 0 Å². The molecule has 6 nitrogen and oxygen atoms in total. The van der Waals surface area contributed by atoms with Gasteiger partial charge in [0.05, 0.1) is 10.9 Å². The van der Waals surface area contributed by atoms with Crippen LogP contribution in [0.15, 0.2) is 47.4 Å². The maximum Gasteiger partial charge on any atom is 0.319 e. The first-order valence-electron chi connectivity index (χ1n) is 6.65. The third kappa shape index (κ3) is 2.43. The largest absolute Gasteiger partial charge is 0.338 e. The van der Waals surface area contributed by atoms with E-state index >= 15 is 0 Å². The van der Waals surface area contributed by atoms with Crippen molar-refractivity contribution in [1.29, 1.82) is 0 Å². The van der Waals surface area contributed by atoms with E-state index in [0.717, 1.165) is 0 Å². The molecule has 2 amide bonds. The average Bonchev–Trinajstić information content (AvgIpc) is 2.48.